The molecule has 1 aromatic rings. The molecule has 0 fully saturated rings. The number of hydrogen-bond acceptors (Lipinski definition) is 3. The molecule has 18 heavy (non-hydrogen) atoms. The van der Waals surface area contributed by atoms with Crippen LogP contribution in [0.5, 0.6) is 5.75 Å². The lowest BCUT2D eigenvalue weighted by molar-refractivity contribution is -0.122. The van der Waals surface area contributed by atoms with Gasteiger partial charge in [-0.15, -0.1) is 0 Å². The van der Waals surface area contributed by atoms with Crippen molar-refractivity contribution in [2.45, 2.75) is 19.3 Å². The third-order valence-corrected chi connectivity index (χ3v) is 3.04. The normalized spacial score (nSPS) is 17.1. The molecule has 1 aromatic carbocycles. The Kier molecular flexibility index (Phi) is 4.59. The highest BCUT2D eigenvalue weighted by Crippen LogP contribution is 2.33. The predicted molar refractivity (Wildman–Crippen MR) is 70.8 cm³/mol. The fraction of sp³-hybridized carbons (Fsp3) is 0.500. The second-order valence-corrected chi connectivity index (χ2v) is 4.44. The van der Waals surface area contributed by atoms with E-state index in [1.807, 2.05) is 24.3 Å². The van der Waals surface area contributed by atoms with Gasteiger partial charge in [0.1, 0.15) is 18.3 Å². The molecule has 1 atom stereocenters. The summed E-state index contributed by atoms with van der Waals surface area (Å²) in [6.07, 6.45) is 1.11. The van der Waals surface area contributed by atoms with Crippen LogP contribution in [0.15, 0.2) is 24.3 Å². The number of benzene rings is 1. The van der Waals surface area contributed by atoms with Gasteiger partial charge in [0.05, 0.1) is 0 Å². The summed E-state index contributed by atoms with van der Waals surface area (Å²) in [5.74, 6) is 0.729. The van der Waals surface area contributed by atoms with E-state index in [9.17, 15) is 4.79 Å². The van der Waals surface area contributed by atoms with Crippen molar-refractivity contribution < 1.29 is 9.53 Å². The molecule has 0 aliphatic carbocycles. The highest BCUT2D eigenvalue weighted by Gasteiger charge is 2.29. The lowest BCUT2D eigenvalue weighted by atomic mass is 10.0. The zero-order valence-corrected chi connectivity index (χ0v) is 10.7. The molecule has 0 aromatic heterocycles. The van der Waals surface area contributed by atoms with Gasteiger partial charge in [0.2, 0.25) is 5.91 Å². The van der Waals surface area contributed by atoms with Crippen LogP contribution in [0.4, 0.5) is 0 Å². The van der Waals surface area contributed by atoms with Gasteiger partial charge < -0.3 is 15.4 Å². The molecule has 0 radical (unpaired) electrons. The van der Waals surface area contributed by atoms with Crippen LogP contribution in [0.3, 0.4) is 0 Å². The van der Waals surface area contributed by atoms with Gasteiger partial charge in [-0.2, -0.15) is 0 Å². The monoisotopic (exact) mass is 248 g/mol. The molecule has 4 nitrogen and oxygen atoms in total. The molecule has 0 saturated carbocycles. The second kappa shape index (κ2) is 6.40. The first-order chi connectivity index (χ1) is 8.83. The first kappa shape index (κ1) is 12.9. The van der Waals surface area contributed by atoms with E-state index in [4.69, 9.17) is 4.74 Å². The van der Waals surface area contributed by atoms with Crippen LogP contribution in [-0.4, -0.2) is 32.1 Å². The van der Waals surface area contributed by atoms with E-state index in [1.54, 1.807) is 0 Å². The summed E-state index contributed by atoms with van der Waals surface area (Å²) < 4.78 is 5.50. The topological polar surface area (TPSA) is 50.4 Å². The molecule has 98 valence electrons. The van der Waals surface area contributed by atoms with Crippen LogP contribution in [0, 0.1) is 0 Å². The van der Waals surface area contributed by atoms with Crippen molar-refractivity contribution in [3.05, 3.63) is 29.8 Å². The van der Waals surface area contributed by atoms with E-state index in [-0.39, 0.29) is 11.8 Å². The maximum absolute atomic E-state index is 12.0. The van der Waals surface area contributed by atoms with Crippen molar-refractivity contribution in [3.63, 3.8) is 0 Å². The summed E-state index contributed by atoms with van der Waals surface area (Å²) in [6, 6.07) is 7.73. The smallest absolute Gasteiger partial charge is 0.231 e. The maximum atomic E-state index is 12.0. The Labute approximate surface area is 108 Å². The SMILES string of the molecule is CCCNCCNC(=O)C1COc2ccccc21. The summed E-state index contributed by atoms with van der Waals surface area (Å²) in [7, 11) is 0. The molecular weight excluding hydrogens is 228 g/mol. The average Bonchev–Trinajstić information content (AvgIpc) is 2.82. The summed E-state index contributed by atoms with van der Waals surface area (Å²) in [4.78, 5) is 12.0. The van der Waals surface area contributed by atoms with Gasteiger partial charge in [-0.25, -0.2) is 0 Å². The van der Waals surface area contributed by atoms with Gasteiger partial charge in [0.15, 0.2) is 0 Å². The molecular formula is C14H20N2O2. The minimum Gasteiger partial charge on any atom is -0.492 e. The van der Waals surface area contributed by atoms with Crippen LogP contribution in [-0.2, 0) is 4.79 Å². The summed E-state index contributed by atoms with van der Waals surface area (Å²) in [5, 5.41) is 6.20. The first-order valence-corrected chi connectivity index (χ1v) is 6.53. The highest BCUT2D eigenvalue weighted by molar-refractivity contribution is 5.85. The molecule has 0 bridgehead atoms. The van der Waals surface area contributed by atoms with Gasteiger partial charge in [-0.3, -0.25) is 4.79 Å². The van der Waals surface area contributed by atoms with Crippen LogP contribution in [0.2, 0.25) is 0 Å². The number of nitrogens with one attached hydrogen (secondary N) is 2. The highest BCUT2D eigenvalue weighted by atomic mass is 16.5. The second-order valence-electron chi connectivity index (χ2n) is 4.44. The third-order valence-electron chi connectivity index (χ3n) is 3.04. The quantitative estimate of drug-likeness (QED) is 0.746. The number of ether oxygens (including phenoxy) is 1. The maximum Gasteiger partial charge on any atom is 0.231 e. The Hall–Kier alpha value is -1.55. The number of para-hydroxylation sites is 1. The molecule has 1 unspecified atom stereocenters. The van der Waals surface area contributed by atoms with Crippen LogP contribution in [0.25, 0.3) is 0 Å². The van der Waals surface area contributed by atoms with E-state index in [0.29, 0.717) is 13.2 Å². The van der Waals surface area contributed by atoms with Gasteiger partial charge in [-0.05, 0) is 19.0 Å². The number of carbonyl (C=O) groups is 1. The minimum atomic E-state index is -0.160. The lowest BCUT2D eigenvalue weighted by Gasteiger charge is -2.10. The molecule has 1 aliphatic rings. The molecule has 2 rings (SSSR count). The van der Waals surface area contributed by atoms with Crippen molar-refractivity contribution >= 4 is 5.91 Å². The number of rotatable bonds is 6. The minimum absolute atomic E-state index is 0.0539. The number of fused-ring (bicyclic) bond motifs is 1. The predicted octanol–water partition coefficient (Wildman–Crippen LogP) is 1.28. The summed E-state index contributed by atoms with van der Waals surface area (Å²) >= 11 is 0. The number of amides is 1. The Bertz CT molecular complexity index is 407. The van der Waals surface area contributed by atoms with Gasteiger partial charge in [-0.1, -0.05) is 25.1 Å². The van der Waals surface area contributed by atoms with Gasteiger partial charge in [0.25, 0.3) is 0 Å². The molecule has 4 heteroatoms. The average molecular weight is 248 g/mol. The van der Waals surface area contributed by atoms with Gasteiger partial charge in [0, 0.05) is 18.7 Å². The van der Waals surface area contributed by atoms with Crippen LogP contribution in [0.1, 0.15) is 24.8 Å². The number of hydrogen-bond donors (Lipinski definition) is 2. The lowest BCUT2D eigenvalue weighted by Crippen LogP contribution is -2.35. The van der Waals surface area contributed by atoms with E-state index in [1.165, 1.54) is 0 Å². The van der Waals surface area contributed by atoms with Crippen LogP contribution >= 0.6 is 0 Å². The number of carbonyl (C=O) groups excluding carboxylic acids is 1. The van der Waals surface area contributed by atoms with Crippen molar-refractivity contribution in [3.8, 4) is 5.75 Å². The molecule has 1 heterocycles. The third kappa shape index (κ3) is 3.01. The van der Waals surface area contributed by atoms with E-state index in [0.717, 1.165) is 30.8 Å². The largest absolute Gasteiger partial charge is 0.492 e. The van der Waals surface area contributed by atoms with Crippen molar-refractivity contribution in [1.29, 1.82) is 0 Å². The summed E-state index contributed by atoms with van der Waals surface area (Å²) in [5.41, 5.74) is 0.997. The first-order valence-electron chi connectivity index (χ1n) is 6.53. The zero-order chi connectivity index (χ0) is 12.8. The van der Waals surface area contributed by atoms with Crippen molar-refractivity contribution in [2.75, 3.05) is 26.2 Å². The molecule has 1 aliphatic heterocycles. The van der Waals surface area contributed by atoms with Gasteiger partial charge >= 0.3 is 0 Å². The van der Waals surface area contributed by atoms with E-state index < -0.39 is 0 Å². The Morgan fingerprint density at radius 3 is 3.00 bits per heavy atom. The van der Waals surface area contributed by atoms with E-state index in [2.05, 4.69) is 17.6 Å². The van der Waals surface area contributed by atoms with E-state index >= 15 is 0 Å². The zero-order valence-electron chi connectivity index (χ0n) is 10.7. The fourth-order valence-electron chi connectivity index (χ4n) is 2.08. The Balaban J connectivity index is 1.80. The molecule has 1 amide bonds. The molecule has 0 saturated heterocycles. The fourth-order valence-corrected chi connectivity index (χ4v) is 2.08. The molecule has 0 spiro atoms. The van der Waals surface area contributed by atoms with Crippen molar-refractivity contribution in [1.82, 2.24) is 10.6 Å². The Morgan fingerprint density at radius 2 is 2.17 bits per heavy atom. The Morgan fingerprint density at radius 1 is 1.33 bits per heavy atom. The summed E-state index contributed by atoms with van der Waals surface area (Å²) in [6.45, 7) is 5.05. The molecule has 2 N–H and O–H groups in total. The van der Waals surface area contributed by atoms with Crippen LogP contribution < -0.4 is 15.4 Å². The standard InChI is InChI=1S/C14H20N2O2/c1-2-7-15-8-9-16-14(17)12-10-18-13-6-4-3-5-11(12)13/h3-6,12,15H,2,7-10H2,1H3,(H,16,17). The van der Waals surface area contributed by atoms with Crippen molar-refractivity contribution in [2.24, 2.45) is 0 Å².